The van der Waals surface area contributed by atoms with Crippen molar-refractivity contribution < 1.29 is 48.5 Å². The average molecular weight is 488 g/mol. The molecule has 0 spiro atoms. The van der Waals surface area contributed by atoms with Gasteiger partial charge < -0.3 is 29.8 Å². The zero-order valence-electron chi connectivity index (χ0n) is 19.8. The van der Waals surface area contributed by atoms with E-state index in [1.54, 1.807) is 0 Å². The Balaban J connectivity index is 3.89. The Morgan fingerprint density at radius 1 is 0.824 bits per heavy atom. The number of Topliss-reactive ketones (excluding diaryl/α,β-unsaturated/α-hetero) is 2. The van der Waals surface area contributed by atoms with E-state index in [1.807, 2.05) is 6.92 Å². The number of hydrogen-bond donors (Lipinski definition) is 3. The van der Waals surface area contributed by atoms with Gasteiger partial charge in [-0.15, -0.1) is 0 Å². The van der Waals surface area contributed by atoms with Crippen LogP contribution >= 0.6 is 0 Å². The van der Waals surface area contributed by atoms with Crippen LogP contribution in [0.4, 0.5) is 0 Å². The van der Waals surface area contributed by atoms with Crippen LogP contribution in [0.2, 0.25) is 0 Å². The lowest BCUT2D eigenvalue weighted by Crippen LogP contribution is -2.42. The van der Waals surface area contributed by atoms with Crippen molar-refractivity contribution in [2.45, 2.75) is 77.2 Å². The lowest BCUT2D eigenvalue weighted by Gasteiger charge is -2.14. The number of nitrogens with one attached hydrogen (secondary N) is 1. The molecule has 0 aliphatic heterocycles. The maximum Gasteiger partial charge on any atom is 0.326 e. The van der Waals surface area contributed by atoms with E-state index in [0.29, 0.717) is 19.3 Å². The zero-order valence-corrected chi connectivity index (χ0v) is 19.8. The highest BCUT2D eigenvalue weighted by Crippen LogP contribution is 2.10. The van der Waals surface area contributed by atoms with Crippen LogP contribution in [0.15, 0.2) is 0 Å². The van der Waals surface area contributed by atoms with Gasteiger partial charge in [-0.05, 0) is 25.7 Å². The van der Waals surface area contributed by atoms with Crippen molar-refractivity contribution in [1.29, 1.82) is 0 Å². The molecule has 34 heavy (non-hydrogen) atoms. The smallest absolute Gasteiger partial charge is 0.326 e. The molecule has 0 rings (SSSR count). The van der Waals surface area contributed by atoms with Crippen LogP contribution in [0.5, 0.6) is 0 Å². The molecule has 0 saturated carbocycles. The number of ether oxygens (including phenoxy) is 2. The standard InChI is InChI=1S/C23H37NO10/c1-17(15-25)6-3-2-4-7-18(26)9-10-20(23(31)32)24-21(28)16-34-13-12-33-11-5-8-19(27)14-22(29)30/h15,17,20H,2-14,16H2,1H3,(H,24,28)(H,29,30)(H,31,32). The fourth-order valence-electron chi connectivity index (χ4n) is 2.97. The van der Waals surface area contributed by atoms with Crippen LogP contribution in [0, 0.1) is 5.92 Å². The molecule has 0 aromatic heterocycles. The van der Waals surface area contributed by atoms with Crippen LogP contribution in [-0.2, 0) is 38.2 Å². The highest BCUT2D eigenvalue weighted by atomic mass is 16.5. The molecule has 0 aromatic carbocycles. The number of carboxylic acid groups (broad SMARTS) is 2. The summed E-state index contributed by atoms with van der Waals surface area (Å²) in [5.41, 5.74) is 0. The van der Waals surface area contributed by atoms with E-state index in [1.165, 1.54) is 0 Å². The molecule has 2 unspecified atom stereocenters. The summed E-state index contributed by atoms with van der Waals surface area (Å²) in [5.74, 6) is -3.45. The summed E-state index contributed by atoms with van der Waals surface area (Å²) in [6.45, 7) is 1.96. The normalized spacial score (nSPS) is 12.5. The lowest BCUT2D eigenvalue weighted by molar-refractivity contribution is -0.143. The number of unbranched alkanes of at least 4 members (excludes halogenated alkanes) is 2. The SMILES string of the molecule is CC(C=O)CCCCCC(=O)CCC(NC(=O)COCCOCCCC(=O)CC(=O)O)C(=O)O. The molecular formula is C23H37NO10. The molecule has 0 radical (unpaired) electrons. The molecule has 2 atom stereocenters. The molecule has 0 heterocycles. The third-order valence-electron chi connectivity index (χ3n) is 4.89. The van der Waals surface area contributed by atoms with Gasteiger partial charge in [0.05, 0.1) is 13.2 Å². The second-order valence-corrected chi connectivity index (χ2v) is 8.13. The van der Waals surface area contributed by atoms with Crippen LogP contribution in [0.1, 0.15) is 71.1 Å². The van der Waals surface area contributed by atoms with Crippen LogP contribution < -0.4 is 5.32 Å². The number of hydrogen-bond acceptors (Lipinski definition) is 8. The first kappa shape index (κ1) is 31.3. The summed E-state index contributed by atoms with van der Waals surface area (Å²) in [6.07, 6.45) is 4.42. The molecule has 0 fully saturated rings. The zero-order chi connectivity index (χ0) is 25.8. The number of carboxylic acids is 2. The molecule has 0 aliphatic rings. The topological polar surface area (TPSA) is 173 Å². The second kappa shape index (κ2) is 19.8. The minimum atomic E-state index is -1.23. The van der Waals surface area contributed by atoms with E-state index in [0.717, 1.165) is 25.5 Å². The number of aldehydes is 1. The molecule has 11 nitrogen and oxygen atoms in total. The summed E-state index contributed by atoms with van der Waals surface area (Å²) in [5, 5.41) is 20.1. The van der Waals surface area contributed by atoms with Gasteiger partial charge in [0.2, 0.25) is 5.91 Å². The fraction of sp³-hybridized carbons (Fsp3) is 0.739. The highest BCUT2D eigenvalue weighted by molar-refractivity contribution is 5.94. The van der Waals surface area contributed by atoms with Gasteiger partial charge in [0.1, 0.15) is 36.9 Å². The van der Waals surface area contributed by atoms with E-state index in [-0.39, 0.29) is 63.2 Å². The summed E-state index contributed by atoms with van der Waals surface area (Å²) in [6, 6.07) is -1.19. The maximum atomic E-state index is 12.0. The third-order valence-corrected chi connectivity index (χ3v) is 4.89. The molecule has 1 amide bonds. The molecule has 0 saturated heterocycles. The number of amides is 1. The number of rotatable bonds is 23. The summed E-state index contributed by atoms with van der Waals surface area (Å²) in [7, 11) is 0. The Morgan fingerprint density at radius 3 is 2.15 bits per heavy atom. The van der Waals surface area contributed by atoms with Gasteiger partial charge in [-0.2, -0.15) is 0 Å². The van der Waals surface area contributed by atoms with E-state index in [9.17, 15) is 33.9 Å². The van der Waals surface area contributed by atoms with Crippen molar-refractivity contribution in [2.75, 3.05) is 26.4 Å². The van der Waals surface area contributed by atoms with Crippen molar-refractivity contribution in [2.24, 2.45) is 5.92 Å². The van der Waals surface area contributed by atoms with Gasteiger partial charge in [0.25, 0.3) is 0 Å². The van der Waals surface area contributed by atoms with Crippen molar-refractivity contribution in [3.8, 4) is 0 Å². The molecule has 194 valence electrons. The van der Waals surface area contributed by atoms with E-state index < -0.39 is 30.3 Å². The monoisotopic (exact) mass is 487 g/mol. The first-order chi connectivity index (χ1) is 16.1. The lowest BCUT2D eigenvalue weighted by atomic mass is 10.0. The Bertz CT molecular complexity index is 664. The summed E-state index contributed by atoms with van der Waals surface area (Å²) < 4.78 is 10.3. The van der Waals surface area contributed by atoms with Gasteiger partial charge in [-0.1, -0.05) is 19.8 Å². The van der Waals surface area contributed by atoms with Crippen LogP contribution in [0.25, 0.3) is 0 Å². The number of aliphatic carboxylic acids is 2. The van der Waals surface area contributed by atoms with Gasteiger partial charge >= 0.3 is 11.9 Å². The van der Waals surface area contributed by atoms with Crippen molar-refractivity contribution in [1.82, 2.24) is 5.32 Å². The van der Waals surface area contributed by atoms with E-state index in [4.69, 9.17) is 14.6 Å². The van der Waals surface area contributed by atoms with Crippen molar-refractivity contribution in [3.63, 3.8) is 0 Å². The van der Waals surface area contributed by atoms with Gasteiger partial charge in [0, 0.05) is 31.8 Å². The first-order valence-electron chi connectivity index (χ1n) is 11.5. The molecule has 0 bridgehead atoms. The van der Waals surface area contributed by atoms with Crippen LogP contribution in [-0.4, -0.2) is 78.4 Å². The third kappa shape index (κ3) is 18.9. The Kier molecular flexibility index (Phi) is 18.2. The van der Waals surface area contributed by atoms with Gasteiger partial charge in [-0.25, -0.2) is 4.79 Å². The summed E-state index contributed by atoms with van der Waals surface area (Å²) >= 11 is 0. The largest absolute Gasteiger partial charge is 0.481 e. The summed E-state index contributed by atoms with van der Waals surface area (Å²) in [4.78, 5) is 67.3. The average Bonchev–Trinajstić information content (AvgIpc) is 2.77. The Labute approximate surface area is 199 Å². The second-order valence-electron chi connectivity index (χ2n) is 8.13. The maximum absolute atomic E-state index is 12.0. The number of ketones is 2. The number of carbonyl (C=O) groups excluding carboxylic acids is 4. The molecule has 0 aliphatic carbocycles. The minimum Gasteiger partial charge on any atom is -0.481 e. The van der Waals surface area contributed by atoms with Gasteiger partial charge in [-0.3, -0.25) is 19.2 Å². The molecule has 3 N–H and O–H groups in total. The quantitative estimate of drug-likeness (QED) is 0.109. The van der Waals surface area contributed by atoms with E-state index in [2.05, 4.69) is 5.32 Å². The van der Waals surface area contributed by atoms with E-state index >= 15 is 0 Å². The molecule has 11 heteroatoms. The Morgan fingerprint density at radius 2 is 1.50 bits per heavy atom. The van der Waals surface area contributed by atoms with Gasteiger partial charge in [0.15, 0.2) is 0 Å². The predicted molar refractivity (Wildman–Crippen MR) is 120 cm³/mol. The highest BCUT2D eigenvalue weighted by Gasteiger charge is 2.21. The Hall–Kier alpha value is -2.66. The fourth-order valence-corrected chi connectivity index (χ4v) is 2.97. The van der Waals surface area contributed by atoms with Crippen LogP contribution in [0.3, 0.4) is 0 Å². The predicted octanol–water partition coefficient (Wildman–Crippen LogP) is 1.55. The minimum absolute atomic E-state index is 0.00814. The number of carbonyl (C=O) groups is 6. The van der Waals surface area contributed by atoms with Crippen molar-refractivity contribution >= 4 is 35.7 Å². The molecular weight excluding hydrogens is 450 g/mol. The first-order valence-corrected chi connectivity index (χ1v) is 11.5. The van der Waals surface area contributed by atoms with Crippen molar-refractivity contribution in [3.05, 3.63) is 0 Å². The molecule has 0 aromatic rings.